The number of halogens is 2. The number of nitrogens with zero attached hydrogens (tertiary/aromatic N) is 4. The fourth-order valence-corrected chi connectivity index (χ4v) is 7.86. The van der Waals surface area contributed by atoms with Crippen molar-refractivity contribution in [3.05, 3.63) is 65.5 Å². The van der Waals surface area contributed by atoms with Crippen LogP contribution in [0.3, 0.4) is 0 Å². The normalized spacial score (nSPS) is 29.6. The van der Waals surface area contributed by atoms with Gasteiger partial charge in [0.2, 0.25) is 12.3 Å². The van der Waals surface area contributed by atoms with E-state index >= 15 is 0 Å². The molecule has 2 bridgehead atoms. The third-order valence-corrected chi connectivity index (χ3v) is 11.4. The molecule has 4 saturated carbocycles. The predicted octanol–water partition coefficient (Wildman–Crippen LogP) is 7.67. The molecule has 0 radical (unpaired) electrons. The summed E-state index contributed by atoms with van der Waals surface area (Å²) >= 11 is 0. The zero-order valence-corrected chi connectivity index (χ0v) is 25.4. The van der Waals surface area contributed by atoms with Crippen molar-refractivity contribution in [2.75, 3.05) is 18.1 Å². The fraction of sp³-hybridized carbons (Fsp3) is 0.556. The number of nitriles is 1. The Balaban J connectivity index is 1.01. The number of amides is 1. The second-order valence-electron chi connectivity index (χ2n) is 14.5. The SMILES string of the molecule is N#CC1(c2ccc(C34CCC(CN(C(=O)CC5CC(C(F)F)C5)c5cccc(-c6nc(C7CC7)no6)c5)(CC3)CO4)cc2)CC1. The smallest absolute Gasteiger partial charge is 0.258 e. The van der Waals surface area contributed by atoms with Gasteiger partial charge < -0.3 is 14.2 Å². The van der Waals surface area contributed by atoms with E-state index in [-0.39, 0.29) is 34.7 Å². The molecule has 3 heterocycles. The van der Waals surface area contributed by atoms with Gasteiger partial charge in [-0.1, -0.05) is 35.5 Å². The van der Waals surface area contributed by atoms with Crippen LogP contribution in [0.1, 0.15) is 93.5 Å². The lowest BCUT2D eigenvalue weighted by Gasteiger charge is -2.54. The Hall–Kier alpha value is -3.64. The van der Waals surface area contributed by atoms with Gasteiger partial charge in [0.1, 0.15) is 0 Å². The minimum atomic E-state index is -2.32. The molecule has 45 heavy (non-hydrogen) atoms. The van der Waals surface area contributed by atoms with Crippen molar-refractivity contribution >= 4 is 11.6 Å². The molecule has 234 valence electrons. The molecule has 0 spiro atoms. The van der Waals surface area contributed by atoms with Crippen LogP contribution < -0.4 is 4.90 Å². The van der Waals surface area contributed by atoms with Gasteiger partial charge in [-0.3, -0.25) is 4.79 Å². The summed E-state index contributed by atoms with van der Waals surface area (Å²) in [6.07, 6.45) is 6.31. The van der Waals surface area contributed by atoms with Crippen LogP contribution in [0.4, 0.5) is 14.5 Å². The average Bonchev–Trinajstić information content (AvgIpc) is 4.00. The van der Waals surface area contributed by atoms with Gasteiger partial charge in [0, 0.05) is 41.5 Å². The molecule has 6 aliphatic rings. The molecule has 0 unspecified atom stereocenters. The molecule has 0 N–H and O–H groups in total. The lowest BCUT2D eigenvalue weighted by Crippen LogP contribution is -2.54. The second kappa shape index (κ2) is 10.7. The van der Waals surface area contributed by atoms with Crippen molar-refractivity contribution in [1.29, 1.82) is 5.26 Å². The van der Waals surface area contributed by atoms with Gasteiger partial charge in [-0.2, -0.15) is 10.2 Å². The topological polar surface area (TPSA) is 92.2 Å². The van der Waals surface area contributed by atoms with Crippen LogP contribution in [-0.2, 0) is 20.5 Å². The Kier molecular flexibility index (Phi) is 6.86. The number of benzene rings is 2. The molecule has 0 atom stereocenters. The number of alkyl halides is 2. The number of aromatic nitrogens is 2. The third kappa shape index (κ3) is 5.25. The quantitative estimate of drug-likeness (QED) is 0.233. The van der Waals surface area contributed by atoms with Crippen LogP contribution in [0.2, 0.25) is 0 Å². The molecule has 7 nitrogen and oxygen atoms in total. The number of hydrogen-bond acceptors (Lipinski definition) is 6. The van der Waals surface area contributed by atoms with E-state index in [2.05, 4.69) is 40.5 Å². The van der Waals surface area contributed by atoms with Crippen molar-refractivity contribution in [3.63, 3.8) is 0 Å². The minimum Gasteiger partial charge on any atom is -0.370 e. The second-order valence-corrected chi connectivity index (χ2v) is 14.5. The number of rotatable bonds is 10. The molecule has 9 rings (SSSR count). The highest BCUT2D eigenvalue weighted by Crippen LogP contribution is 2.55. The lowest BCUT2D eigenvalue weighted by atomic mass is 9.63. The van der Waals surface area contributed by atoms with E-state index in [1.54, 1.807) is 0 Å². The molecule has 9 heteroatoms. The van der Waals surface area contributed by atoms with Crippen LogP contribution in [0.15, 0.2) is 53.1 Å². The summed E-state index contributed by atoms with van der Waals surface area (Å²) in [6.45, 7) is 1.06. The van der Waals surface area contributed by atoms with E-state index in [1.807, 2.05) is 29.2 Å². The highest BCUT2D eigenvalue weighted by molar-refractivity contribution is 5.94. The van der Waals surface area contributed by atoms with E-state index in [9.17, 15) is 18.8 Å². The maximum Gasteiger partial charge on any atom is 0.258 e. The summed E-state index contributed by atoms with van der Waals surface area (Å²) in [7, 11) is 0. The monoisotopic (exact) mass is 612 g/mol. The fourth-order valence-electron chi connectivity index (χ4n) is 7.86. The summed E-state index contributed by atoms with van der Waals surface area (Å²) in [4.78, 5) is 20.4. The molecule has 4 aliphatic carbocycles. The van der Waals surface area contributed by atoms with E-state index < -0.39 is 12.3 Å². The average molecular weight is 613 g/mol. The molecule has 1 aromatic heterocycles. The van der Waals surface area contributed by atoms with Crippen LogP contribution in [-0.4, -0.2) is 35.6 Å². The van der Waals surface area contributed by atoms with Gasteiger partial charge in [0.25, 0.3) is 5.89 Å². The van der Waals surface area contributed by atoms with Gasteiger partial charge in [0.05, 0.1) is 23.7 Å². The first kappa shape index (κ1) is 28.8. The van der Waals surface area contributed by atoms with Gasteiger partial charge in [-0.25, -0.2) is 8.78 Å². The largest absolute Gasteiger partial charge is 0.370 e. The number of anilines is 1. The Morgan fingerprint density at radius 3 is 2.38 bits per heavy atom. The van der Waals surface area contributed by atoms with Gasteiger partial charge >= 0.3 is 0 Å². The molecular formula is C36H38F2N4O3. The van der Waals surface area contributed by atoms with E-state index in [0.717, 1.165) is 79.6 Å². The zero-order valence-electron chi connectivity index (χ0n) is 25.4. The summed E-state index contributed by atoms with van der Waals surface area (Å²) in [5.41, 5.74) is 2.94. The number of hydrogen-bond donors (Lipinski definition) is 0. The van der Waals surface area contributed by atoms with Crippen molar-refractivity contribution in [1.82, 2.24) is 10.1 Å². The van der Waals surface area contributed by atoms with Gasteiger partial charge in [0.15, 0.2) is 5.82 Å². The molecule has 1 amide bonds. The molecule has 2 saturated heterocycles. The number of fused-ring (bicyclic) bond motifs is 3. The zero-order chi connectivity index (χ0) is 30.8. The first-order valence-corrected chi connectivity index (χ1v) is 16.5. The van der Waals surface area contributed by atoms with Crippen LogP contribution in [0.5, 0.6) is 0 Å². The van der Waals surface area contributed by atoms with Crippen LogP contribution >= 0.6 is 0 Å². The Morgan fingerprint density at radius 2 is 1.76 bits per heavy atom. The maximum atomic E-state index is 14.0. The Bertz CT molecular complexity index is 1610. The minimum absolute atomic E-state index is 0.0166. The number of ether oxygens (including phenoxy) is 1. The van der Waals surface area contributed by atoms with E-state index in [0.29, 0.717) is 37.8 Å². The Labute approximate surface area is 261 Å². The highest BCUT2D eigenvalue weighted by Gasteiger charge is 2.52. The maximum absolute atomic E-state index is 14.0. The summed E-state index contributed by atoms with van der Waals surface area (Å²) < 4.78 is 38.7. The molecule has 2 aromatic carbocycles. The van der Waals surface area contributed by atoms with Crippen molar-refractivity contribution in [2.45, 2.75) is 94.0 Å². The number of carbonyl (C=O) groups excluding carboxylic acids is 1. The summed E-state index contributed by atoms with van der Waals surface area (Å²) in [5.74, 6) is 0.901. The predicted molar refractivity (Wildman–Crippen MR) is 162 cm³/mol. The van der Waals surface area contributed by atoms with Gasteiger partial charge in [-0.05, 0) is 99.5 Å². The number of carbonyl (C=O) groups is 1. The van der Waals surface area contributed by atoms with Crippen molar-refractivity contribution in [3.8, 4) is 17.5 Å². The van der Waals surface area contributed by atoms with Crippen LogP contribution in [0, 0.1) is 28.6 Å². The standard InChI is InChI=1S/C36H38F2N4O3/c37-31(38)26-16-23(17-26)18-30(43)42(29-3-1-2-25(19-29)33-40-32(41-45-33)24-4-5-24)21-34-10-14-36(15-11-34,44-22-34)28-8-6-27(7-9-28)35(20-39)12-13-35/h1-3,6-9,19,23-24,26,31H,4-5,10-18,21-22H2. The molecule has 3 aromatic rings. The van der Waals surface area contributed by atoms with Crippen molar-refractivity contribution in [2.24, 2.45) is 17.3 Å². The van der Waals surface area contributed by atoms with E-state index in [1.165, 1.54) is 0 Å². The third-order valence-electron chi connectivity index (χ3n) is 11.4. The lowest BCUT2D eigenvalue weighted by molar-refractivity contribution is -0.186. The molecule has 6 fully saturated rings. The summed E-state index contributed by atoms with van der Waals surface area (Å²) in [5, 5.41) is 13.8. The first-order chi connectivity index (χ1) is 21.8. The van der Waals surface area contributed by atoms with Gasteiger partial charge in [-0.15, -0.1) is 0 Å². The molecule has 2 aliphatic heterocycles. The van der Waals surface area contributed by atoms with E-state index in [4.69, 9.17) is 9.26 Å². The van der Waals surface area contributed by atoms with Crippen molar-refractivity contribution < 1.29 is 22.8 Å². The first-order valence-electron chi connectivity index (χ1n) is 16.5. The van der Waals surface area contributed by atoms with Crippen LogP contribution in [0.25, 0.3) is 11.5 Å². The summed E-state index contributed by atoms with van der Waals surface area (Å²) in [6, 6.07) is 18.7. The Morgan fingerprint density at radius 1 is 1.02 bits per heavy atom. The molecular weight excluding hydrogens is 574 g/mol. The highest BCUT2D eigenvalue weighted by atomic mass is 19.3.